The van der Waals surface area contributed by atoms with Crippen LogP contribution in [0.1, 0.15) is 65.0 Å². The Kier molecular flexibility index (Phi) is 6.30. The summed E-state index contributed by atoms with van der Waals surface area (Å²) in [6.07, 6.45) is 24.8. The quantitative estimate of drug-likeness (QED) is 0.246. The van der Waals surface area contributed by atoms with Gasteiger partial charge in [0.1, 0.15) is 0 Å². The molecule has 2 heteroatoms. The third kappa shape index (κ3) is 4.41. The second-order valence-electron chi connectivity index (χ2n) is 12.3. The first kappa shape index (κ1) is 25.9. The number of pyridine rings is 1. The Balaban J connectivity index is 1.19. The van der Waals surface area contributed by atoms with Crippen LogP contribution >= 0.6 is 0 Å². The van der Waals surface area contributed by atoms with Crippen molar-refractivity contribution in [2.75, 3.05) is 0 Å². The summed E-state index contributed by atoms with van der Waals surface area (Å²) < 4.78 is 0. The maximum Gasteiger partial charge on any atom is 0.0346 e. The number of aromatic nitrogens is 1. The molecule has 4 aliphatic rings. The van der Waals surface area contributed by atoms with E-state index in [0.717, 1.165) is 19.3 Å². The maximum absolute atomic E-state index is 4.61. The lowest BCUT2D eigenvalue weighted by Gasteiger charge is -2.46. The van der Waals surface area contributed by atoms with Gasteiger partial charge in [-0.3, -0.25) is 9.98 Å². The van der Waals surface area contributed by atoms with Crippen molar-refractivity contribution in [1.82, 2.24) is 4.98 Å². The number of rotatable bonds is 4. The van der Waals surface area contributed by atoms with E-state index in [9.17, 15) is 0 Å². The fraction of sp³-hybridized carbons (Fsp3) is 0.171. The van der Waals surface area contributed by atoms with Gasteiger partial charge in [-0.25, -0.2) is 0 Å². The Morgan fingerprint density at radius 3 is 2.58 bits per heavy atom. The fourth-order valence-electron chi connectivity index (χ4n) is 7.68. The highest BCUT2D eigenvalue weighted by atomic mass is 14.7. The summed E-state index contributed by atoms with van der Waals surface area (Å²) in [4.78, 5) is 8.85. The SMILES string of the molecule is CC12C=CC=CC1=C(c1ccccc1)c1ccccc1C2C1=Cc2ccc(-c3cncc(C4C=CN=CC4)c3)cc2CC1. The van der Waals surface area contributed by atoms with E-state index in [1.54, 1.807) is 0 Å². The van der Waals surface area contributed by atoms with Crippen molar-refractivity contribution in [2.24, 2.45) is 10.4 Å². The van der Waals surface area contributed by atoms with Crippen LogP contribution in [0.3, 0.4) is 0 Å². The van der Waals surface area contributed by atoms with Gasteiger partial charge >= 0.3 is 0 Å². The van der Waals surface area contributed by atoms with Gasteiger partial charge in [0.2, 0.25) is 0 Å². The molecule has 0 spiro atoms. The van der Waals surface area contributed by atoms with Crippen LogP contribution < -0.4 is 0 Å². The number of fused-ring (bicyclic) bond motifs is 3. The van der Waals surface area contributed by atoms with Gasteiger partial charge in [0.25, 0.3) is 0 Å². The summed E-state index contributed by atoms with van der Waals surface area (Å²) in [5, 5.41) is 0. The third-order valence-electron chi connectivity index (χ3n) is 9.80. The molecule has 8 rings (SSSR count). The number of benzene rings is 3. The number of hydrogen-bond donors (Lipinski definition) is 0. The maximum atomic E-state index is 4.61. The molecule has 1 aliphatic heterocycles. The second-order valence-corrected chi connectivity index (χ2v) is 12.3. The molecule has 2 heterocycles. The molecular weight excluding hydrogens is 520 g/mol. The Labute approximate surface area is 254 Å². The summed E-state index contributed by atoms with van der Waals surface area (Å²) in [7, 11) is 0. The summed E-state index contributed by atoms with van der Waals surface area (Å²) in [5.41, 5.74) is 14.7. The first-order chi connectivity index (χ1) is 21.2. The van der Waals surface area contributed by atoms with Crippen molar-refractivity contribution in [3.05, 3.63) is 172 Å². The first-order valence-electron chi connectivity index (χ1n) is 15.4. The average Bonchev–Trinajstić information content (AvgIpc) is 3.07. The highest BCUT2D eigenvalue weighted by molar-refractivity contribution is 5.90. The lowest BCUT2D eigenvalue weighted by atomic mass is 9.57. The van der Waals surface area contributed by atoms with E-state index in [1.807, 2.05) is 24.8 Å². The van der Waals surface area contributed by atoms with E-state index in [4.69, 9.17) is 0 Å². The summed E-state index contributed by atoms with van der Waals surface area (Å²) in [6.45, 7) is 2.44. The average molecular weight is 555 g/mol. The Morgan fingerprint density at radius 1 is 0.814 bits per heavy atom. The van der Waals surface area contributed by atoms with Crippen LogP contribution in [0, 0.1) is 5.41 Å². The van der Waals surface area contributed by atoms with Gasteiger partial charge in [0, 0.05) is 47.6 Å². The molecule has 43 heavy (non-hydrogen) atoms. The molecule has 0 bridgehead atoms. The van der Waals surface area contributed by atoms with Crippen LogP contribution in [0.2, 0.25) is 0 Å². The smallest absolute Gasteiger partial charge is 0.0346 e. The van der Waals surface area contributed by atoms with E-state index in [2.05, 4.69) is 132 Å². The van der Waals surface area contributed by atoms with Crippen LogP contribution in [0.15, 0.2) is 144 Å². The van der Waals surface area contributed by atoms with Crippen LogP contribution in [0.4, 0.5) is 0 Å². The van der Waals surface area contributed by atoms with Gasteiger partial charge in [0.05, 0.1) is 0 Å². The molecule has 2 nitrogen and oxygen atoms in total. The van der Waals surface area contributed by atoms with E-state index in [0.29, 0.717) is 5.92 Å². The Morgan fingerprint density at radius 2 is 1.70 bits per heavy atom. The first-order valence-corrected chi connectivity index (χ1v) is 15.4. The zero-order valence-corrected chi connectivity index (χ0v) is 24.4. The number of nitrogens with zero attached hydrogens (tertiary/aromatic N) is 2. The van der Waals surface area contributed by atoms with Crippen LogP contribution in [-0.2, 0) is 6.42 Å². The number of hydrogen-bond acceptors (Lipinski definition) is 2. The molecule has 0 radical (unpaired) electrons. The van der Waals surface area contributed by atoms with Crippen molar-refractivity contribution in [1.29, 1.82) is 0 Å². The lowest BCUT2D eigenvalue weighted by Crippen LogP contribution is -2.33. The van der Waals surface area contributed by atoms with Gasteiger partial charge in [0.15, 0.2) is 0 Å². The molecule has 0 saturated carbocycles. The topological polar surface area (TPSA) is 25.2 Å². The molecule has 3 aromatic carbocycles. The van der Waals surface area contributed by atoms with Crippen molar-refractivity contribution in [3.63, 3.8) is 0 Å². The van der Waals surface area contributed by atoms with Crippen LogP contribution in [0.5, 0.6) is 0 Å². The van der Waals surface area contributed by atoms with E-state index in [1.165, 1.54) is 61.2 Å². The third-order valence-corrected chi connectivity index (χ3v) is 9.80. The molecule has 0 N–H and O–H groups in total. The zero-order chi connectivity index (χ0) is 28.8. The molecule has 0 saturated heterocycles. The van der Waals surface area contributed by atoms with Gasteiger partial charge < -0.3 is 0 Å². The van der Waals surface area contributed by atoms with E-state index in [-0.39, 0.29) is 11.3 Å². The van der Waals surface area contributed by atoms with Crippen molar-refractivity contribution in [2.45, 2.75) is 38.0 Å². The molecule has 3 aliphatic carbocycles. The van der Waals surface area contributed by atoms with E-state index < -0.39 is 0 Å². The summed E-state index contributed by atoms with van der Waals surface area (Å²) in [5.74, 6) is 0.631. The molecule has 0 fully saturated rings. The van der Waals surface area contributed by atoms with Crippen LogP contribution in [0.25, 0.3) is 22.8 Å². The minimum atomic E-state index is -0.123. The minimum absolute atomic E-state index is 0.123. The second kappa shape index (κ2) is 10.5. The normalized spacial score (nSPS) is 23.4. The van der Waals surface area contributed by atoms with Crippen molar-refractivity contribution in [3.8, 4) is 11.1 Å². The van der Waals surface area contributed by atoms with Crippen molar-refractivity contribution >= 4 is 17.9 Å². The van der Waals surface area contributed by atoms with Gasteiger partial charge in [-0.2, -0.15) is 0 Å². The molecule has 1 aromatic heterocycles. The molecule has 4 aromatic rings. The Bertz CT molecular complexity index is 1920. The number of allylic oxidation sites excluding steroid dienone is 7. The van der Waals surface area contributed by atoms with Gasteiger partial charge in [-0.1, -0.05) is 122 Å². The van der Waals surface area contributed by atoms with Gasteiger partial charge in [-0.05, 0) is 75.4 Å². The predicted octanol–water partition coefficient (Wildman–Crippen LogP) is 9.88. The summed E-state index contributed by atoms with van der Waals surface area (Å²) >= 11 is 0. The lowest BCUT2D eigenvalue weighted by molar-refractivity contribution is 0.434. The largest absolute Gasteiger partial charge is 0.269 e. The number of aryl methyl sites for hydroxylation is 1. The molecule has 3 unspecified atom stereocenters. The molecule has 208 valence electrons. The summed E-state index contributed by atoms with van der Waals surface area (Å²) in [6, 6.07) is 29.3. The Hall–Kier alpha value is -4.82. The fourth-order valence-corrected chi connectivity index (χ4v) is 7.68. The minimum Gasteiger partial charge on any atom is -0.269 e. The molecule has 3 atom stereocenters. The highest BCUT2D eigenvalue weighted by Crippen LogP contribution is 2.58. The zero-order valence-electron chi connectivity index (χ0n) is 24.4. The van der Waals surface area contributed by atoms with Crippen molar-refractivity contribution < 1.29 is 0 Å². The van der Waals surface area contributed by atoms with Gasteiger partial charge in [-0.15, -0.1) is 0 Å². The molecule has 0 amide bonds. The standard InChI is InChI=1S/C41H34N2/c1-41-20-8-7-13-38(41)39(29-9-3-2-4-10-29)36-11-5-6-12-37(36)40(41)33-17-16-30-23-32(15-14-31(30)24-33)35-25-34(26-43-27-35)28-18-21-42-22-19-28/h2-15,18,20-28,40H,16-17,19H2,1H3. The van der Waals surface area contributed by atoms with Crippen LogP contribution in [-0.4, -0.2) is 11.2 Å². The highest BCUT2D eigenvalue weighted by Gasteiger charge is 2.45. The van der Waals surface area contributed by atoms with E-state index >= 15 is 0 Å². The molecular formula is C41H34N2. The predicted molar refractivity (Wildman–Crippen MR) is 179 cm³/mol. The monoisotopic (exact) mass is 554 g/mol. The number of aliphatic imine (C=N–C) groups is 1.